The molecule has 4 heterocycles. The third-order valence-corrected chi connectivity index (χ3v) is 11.2. The van der Waals surface area contributed by atoms with E-state index < -0.39 is 0 Å². The van der Waals surface area contributed by atoms with Crippen LogP contribution < -0.4 is 0 Å². The molecule has 0 aromatic rings. The normalized spacial score (nSPS) is 63.3. The summed E-state index contributed by atoms with van der Waals surface area (Å²) >= 11 is 0. The first-order valence-electron chi connectivity index (χ1n) is 11.8. The van der Waals surface area contributed by atoms with Crippen LogP contribution in [-0.4, -0.2) is 53.1 Å². The van der Waals surface area contributed by atoms with Gasteiger partial charge in [-0.1, -0.05) is 20.4 Å². The number of aliphatic hydroxyl groups is 1. The summed E-state index contributed by atoms with van der Waals surface area (Å²) in [6.07, 6.45) is 5.35. The van der Waals surface area contributed by atoms with E-state index >= 15 is 0 Å². The number of aliphatic hydroxyl groups excluding tert-OH is 1. The zero-order valence-electron chi connectivity index (χ0n) is 17.8. The third-order valence-electron chi connectivity index (χ3n) is 11.2. The van der Waals surface area contributed by atoms with Gasteiger partial charge in [0.15, 0.2) is 0 Å². The maximum absolute atomic E-state index is 12.1. The Morgan fingerprint density at radius 3 is 2.90 bits per heavy atom. The van der Waals surface area contributed by atoms with Crippen molar-refractivity contribution in [1.29, 1.82) is 0 Å². The summed E-state index contributed by atoms with van der Waals surface area (Å²) in [7, 11) is 0. The van der Waals surface area contributed by atoms with Crippen molar-refractivity contribution in [3.05, 3.63) is 12.2 Å². The monoisotopic (exact) mass is 399 g/mol. The average Bonchev–Trinajstić information content (AvgIpc) is 3.22. The fourth-order valence-electron chi connectivity index (χ4n) is 10.8. The van der Waals surface area contributed by atoms with E-state index in [2.05, 4.69) is 25.3 Å². The van der Waals surface area contributed by atoms with Crippen LogP contribution in [0.25, 0.3) is 0 Å². The summed E-state index contributed by atoms with van der Waals surface area (Å²) in [6, 6.07) is 0.509. The lowest BCUT2D eigenvalue weighted by molar-refractivity contribution is -0.372. The predicted octanol–water partition coefficient (Wildman–Crippen LogP) is 2.73. The van der Waals surface area contributed by atoms with Crippen molar-refractivity contribution in [3.8, 4) is 0 Å². The van der Waals surface area contributed by atoms with Crippen LogP contribution in [-0.2, 0) is 14.3 Å². The first-order chi connectivity index (χ1) is 13.8. The molecule has 9 aliphatic rings. The number of rotatable bonds is 2. The molecule has 0 aromatic carbocycles. The Hall–Kier alpha value is -0.910. The molecule has 0 radical (unpaired) electrons. The molecule has 5 heteroatoms. The fraction of sp³-hybridized carbons (Fsp3) is 0.875. The molecule has 4 saturated heterocycles. The number of hydrogen-bond acceptors (Lipinski definition) is 5. The molecule has 2 spiro atoms. The summed E-state index contributed by atoms with van der Waals surface area (Å²) in [4.78, 5) is 14.8. The summed E-state index contributed by atoms with van der Waals surface area (Å²) < 4.78 is 12.9. The van der Waals surface area contributed by atoms with Gasteiger partial charge in [0, 0.05) is 35.1 Å². The highest BCUT2D eigenvalue weighted by molar-refractivity contribution is 5.67. The fourth-order valence-corrected chi connectivity index (χ4v) is 10.8. The standard InChI is InChI=1S/C24H33NO4/c1-5-25-19-14-8-16-22(4)7-6-18(29-21(22)25)24(16,19)17-9-15(27)13-10-23(14,17)20(11(13)2)28-12(3)26/h13-21,27H,2,5-10H2,1,3-4H3/t13-,14+,15+,16-,17-,18+,19+,20-,21-,22-,23+,24+/m1/s1. The summed E-state index contributed by atoms with van der Waals surface area (Å²) in [5, 5.41) is 11.2. The number of carbonyl (C=O) groups excluding carboxylic acids is 1. The molecule has 1 N–H and O–H groups in total. The third kappa shape index (κ3) is 1.52. The van der Waals surface area contributed by atoms with E-state index in [-0.39, 0.29) is 46.6 Å². The maximum atomic E-state index is 12.1. The van der Waals surface area contributed by atoms with Gasteiger partial charge in [-0.15, -0.1) is 0 Å². The largest absolute Gasteiger partial charge is 0.457 e. The molecule has 12 atom stereocenters. The predicted molar refractivity (Wildman–Crippen MR) is 106 cm³/mol. The van der Waals surface area contributed by atoms with E-state index in [0.29, 0.717) is 29.9 Å². The van der Waals surface area contributed by atoms with Gasteiger partial charge in [0.2, 0.25) is 0 Å². The molecule has 9 fully saturated rings. The summed E-state index contributed by atoms with van der Waals surface area (Å²) in [5.74, 6) is 1.42. The van der Waals surface area contributed by atoms with Gasteiger partial charge in [-0.25, -0.2) is 0 Å². The first-order valence-corrected chi connectivity index (χ1v) is 11.8. The Morgan fingerprint density at radius 2 is 2.17 bits per heavy atom. The first kappa shape index (κ1) is 17.7. The molecule has 5 nitrogen and oxygen atoms in total. The number of carbonyl (C=O) groups is 1. The molecule has 158 valence electrons. The Labute approximate surface area is 172 Å². The molecule has 9 bridgehead atoms. The second-order valence-corrected chi connectivity index (χ2v) is 11.5. The number of hydrogen-bond donors (Lipinski definition) is 1. The minimum Gasteiger partial charge on any atom is -0.457 e. The SMILES string of the molecule is C=C1[C@H]2C[C@@]3([C@@H]1OC(C)=O)[C@@H](C[C@@H]2O)[C@]12[C@@H]4CC[C@]5(C)[C@H]1C[C@H]3[C@@H]2N(CC)[C@@H]5O4. The van der Waals surface area contributed by atoms with Crippen LogP contribution in [0.3, 0.4) is 0 Å². The lowest BCUT2D eigenvalue weighted by atomic mass is 9.41. The van der Waals surface area contributed by atoms with Crippen molar-refractivity contribution in [2.75, 3.05) is 6.54 Å². The van der Waals surface area contributed by atoms with Crippen LogP contribution in [0.5, 0.6) is 0 Å². The van der Waals surface area contributed by atoms with E-state index in [1.165, 1.54) is 19.8 Å². The van der Waals surface area contributed by atoms with Crippen LogP contribution in [0, 0.1) is 39.9 Å². The molecule has 4 aliphatic heterocycles. The van der Waals surface area contributed by atoms with Crippen LogP contribution in [0.1, 0.15) is 52.9 Å². The van der Waals surface area contributed by atoms with Crippen molar-refractivity contribution in [3.63, 3.8) is 0 Å². The molecule has 9 rings (SSSR count). The van der Waals surface area contributed by atoms with Gasteiger partial charge in [-0.05, 0) is 62.0 Å². The maximum Gasteiger partial charge on any atom is 0.303 e. The number of ether oxygens (including phenoxy) is 2. The average molecular weight is 400 g/mol. The highest BCUT2D eigenvalue weighted by Gasteiger charge is 2.89. The molecule has 0 unspecified atom stereocenters. The summed E-state index contributed by atoms with van der Waals surface area (Å²) in [6.45, 7) is 11.7. The van der Waals surface area contributed by atoms with Crippen LogP contribution in [0.4, 0.5) is 0 Å². The van der Waals surface area contributed by atoms with Gasteiger partial charge in [0.25, 0.3) is 0 Å². The molecule has 5 saturated carbocycles. The van der Waals surface area contributed by atoms with Gasteiger partial charge < -0.3 is 14.6 Å². The minimum atomic E-state index is -0.366. The van der Waals surface area contributed by atoms with Crippen molar-refractivity contribution in [1.82, 2.24) is 4.90 Å². The van der Waals surface area contributed by atoms with E-state index in [0.717, 1.165) is 31.4 Å². The lowest BCUT2D eigenvalue weighted by Gasteiger charge is -2.73. The molecule has 0 aromatic heterocycles. The number of piperidine rings is 1. The van der Waals surface area contributed by atoms with Gasteiger partial charge in [-0.2, -0.15) is 0 Å². The zero-order valence-corrected chi connectivity index (χ0v) is 17.8. The molecular formula is C24H33NO4. The van der Waals surface area contributed by atoms with Crippen LogP contribution in [0.2, 0.25) is 0 Å². The van der Waals surface area contributed by atoms with Gasteiger partial charge in [-0.3, -0.25) is 9.69 Å². The molecule has 0 amide bonds. The summed E-state index contributed by atoms with van der Waals surface area (Å²) in [5.41, 5.74) is 1.24. The minimum absolute atomic E-state index is 0.0552. The second-order valence-electron chi connectivity index (χ2n) is 11.5. The Bertz CT molecular complexity index is 843. The number of esters is 1. The van der Waals surface area contributed by atoms with Crippen molar-refractivity contribution in [2.24, 2.45) is 39.9 Å². The smallest absolute Gasteiger partial charge is 0.303 e. The van der Waals surface area contributed by atoms with E-state index in [4.69, 9.17) is 9.47 Å². The van der Waals surface area contributed by atoms with Crippen molar-refractivity contribution >= 4 is 5.97 Å². The van der Waals surface area contributed by atoms with Gasteiger partial charge >= 0.3 is 5.97 Å². The molecule has 29 heavy (non-hydrogen) atoms. The Morgan fingerprint density at radius 1 is 1.38 bits per heavy atom. The lowest BCUT2D eigenvalue weighted by Crippen LogP contribution is -2.78. The number of fused-ring (bicyclic) bond motifs is 2. The topological polar surface area (TPSA) is 59.0 Å². The van der Waals surface area contributed by atoms with E-state index in [1.807, 2.05) is 0 Å². The Kier molecular flexibility index (Phi) is 3.02. The van der Waals surface area contributed by atoms with Gasteiger partial charge in [0.1, 0.15) is 12.3 Å². The zero-order chi connectivity index (χ0) is 20.1. The van der Waals surface area contributed by atoms with Crippen LogP contribution >= 0.6 is 0 Å². The molecule has 5 aliphatic carbocycles. The van der Waals surface area contributed by atoms with E-state index in [9.17, 15) is 9.90 Å². The quantitative estimate of drug-likeness (QED) is 0.572. The second kappa shape index (κ2) is 4.94. The van der Waals surface area contributed by atoms with Crippen molar-refractivity contribution < 1.29 is 19.4 Å². The highest BCUT2D eigenvalue weighted by atomic mass is 16.5. The Balaban J connectivity index is 1.47. The molecular weight excluding hydrogens is 366 g/mol. The van der Waals surface area contributed by atoms with Gasteiger partial charge in [0.05, 0.1) is 12.2 Å². The number of nitrogens with zero attached hydrogens (tertiary/aromatic N) is 1. The van der Waals surface area contributed by atoms with Crippen molar-refractivity contribution in [2.45, 2.75) is 83.5 Å². The van der Waals surface area contributed by atoms with Crippen LogP contribution in [0.15, 0.2) is 12.2 Å². The highest BCUT2D eigenvalue weighted by Crippen LogP contribution is 2.86. The van der Waals surface area contributed by atoms with E-state index in [1.54, 1.807) is 0 Å².